The van der Waals surface area contributed by atoms with Crippen molar-refractivity contribution in [3.63, 3.8) is 0 Å². The van der Waals surface area contributed by atoms with Crippen LogP contribution in [0.25, 0.3) is 33.2 Å². The van der Waals surface area contributed by atoms with Crippen molar-refractivity contribution in [2.45, 2.75) is 113 Å². The fourth-order valence-electron chi connectivity index (χ4n) is 7.59. The number of phenolic OH excluding ortho intramolecular Hbond substituents is 2. The summed E-state index contributed by atoms with van der Waals surface area (Å²) in [6.45, 7) is 13.5. The lowest BCUT2D eigenvalue weighted by molar-refractivity contribution is 0.465. The molecule has 52 heavy (non-hydrogen) atoms. The predicted octanol–water partition coefficient (Wildman–Crippen LogP) is 12.8. The average molecular weight is 731 g/mol. The summed E-state index contributed by atoms with van der Waals surface area (Å²) in [5, 5.41) is 27.0. The molecule has 1 fully saturated rings. The molecule has 1 saturated carbocycles. The summed E-state index contributed by atoms with van der Waals surface area (Å²) in [5.74, 6) is 2.29. The van der Waals surface area contributed by atoms with Gasteiger partial charge in [-0.05, 0) is 82.0 Å². The number of thioether (sulfide) groups is 2. The second kappa shape index (κ2) is 14.9. The van der Waals surface area contributed by atoms with E-state index in [0.717, 1.165) is 45.0 Å². The van der Waals surface area contributed by atoms with Crippen molar-refractivity contribution in [3.05, 3.63) is 120 Å². The minimum Gasteiger partial charge on any atom is -0.505 e. The van der Waals surface area contributed by atoms with E-state index in [1.54, 1.807) is 0 Å². The summed E-state index contributed by atoms with van der Waals surface area (Å²) in [6.07, 6.45) is 11.5. The highest BCUT2D eigenvalue weighted by molar-refractivity contribution is 8.03. The predicted molar refractivity (Wildman–Crippen MR) is 225 cm³/mol. The van der Waals surface area contributed by atoms with E-state index in [2.05, 4.69) is 148 Å². The molecule has 1 aliphatic rings. The summed E-state index contributed by atoms with van der Waals surface area (Å²) >= 11 is 4.03. The molecule has 0 bridgehead atoms. The topological polar surface area (TPSA) is 50.3 Å². The maximum atomic E-state index is 11.9. The van der Waals surface area contributed by atoms with Crippen LogP contribution in [0.5, 0.6) is 11.5 Å². The van der Waals surface area contributed by atoms with Crippen LogP contribution in [-0.2, 0) is 22.3 Å². The Bertz CT molecular complexity index is 2030. The Morgan fingerprint density at radius 3 is 1.37 bits per heavy atom. The molecule has 0 amide bonds. The Labute approximate surface area is 318 Å². The Morgan fingerprint density at radius 2 is 0.962 bits per heavy atom. The van der Waals surface area contributed by atoms with Gasteiger partial charge in [-0.15, -0.1) is 0 Å². The molecular formula is C46H54N2O2S2. The van der Waals surface area contributed by atoms with Crippen LogP contribution in [0.3, 0.4) is 0 Å². The smallest absolute Gasteiger partial charge is 0.143 e. The van der Waals surface area contributed by atoms with Gasteiger partial charge in [-0.2, -0.15) is 23.5 Å². The van der Waals surface area contributed by atoms with Gasteiger partial charge in [0.1, 0.15) is 11.5 Å². The molecule has 4 aromatic carbocycles. The highest BCUT2D eigenvalue weighted by Gasteiger charge is 2.27. The van der Waals surface area contributed by atoms with Gasteiger partial charge in [-0.25, -0.2) is 0 Å². The third kappa shape index (κ3) is 7.66. The van der Waals surface area contributed by atoms with Crippen LogP contribution in [0.15, 0.2) is 97.3 Å². The fraction of sp³-hybridized carbons (Fsp3) is 0.391. The van der Waals surface area contributed by atoms with Crippen LogP contribution in [0.4, 0.5) is 0 Å². The Morgan fingerprint density at radius 1 is 0.558 bits per heavy atom. The molecule has 2 heterocycles. The first-order valence-corrected chi connectivity index (χ1v) is 21.1. The van der Waals surface area contributed by atoms with E-state index in [4.69, 9.17) is 0 Å². The van der Waals surface area contributed by atoms with Gasteiger partial charge < -0.3 is 19.3 Å². The normalized spacial score (nSPS) is 17.4. The van der Waals surface area contributed by atoms with Crippen LogP contribution >= 0.6 is 23.5 Å². The van der Waals surface area contributed by atoms with Gasteiger partial charge >= 0.3 is 0 Å². The summed E-state index contributed by atoms with van der Waals surface area (Å²) in [5.41, 5.74) is 8.29. The van der Waals surface area contributed by atoms with Crippen LogP contribution in [0.1, 0.15) is 102 Å². The molecule has 4 nitrogen and oxygen atoms in total. The SMILES string of the molecule is CC(C)(C)c1cc(CSC2CCCCCC[C@@H]2SCc2cc(C(C)(C)C)cc(-n3ccc4ccccc43)c2O)c(O)c(-n2ccc3ccccc32)c1. The Balaban J connectivity index is 1.17. The van der Waals surface area contributed by atoms with E-state index in [1.165, 1.54) is 60.4 Å². The number of para-hydroxylation sites is 2. The summed E-state index contributed by atoms with van der Waals surface area (Å²) < 4.78 is 4.29. The zero-order valence-corrected chi connectivity index (χ0v) is 33.3. The van der Waals surface area contributed by atoms with Crippen molar-refractivity contribution in [1.82, 2.24) is 9.13 Å². The van der Waals surface area contributed by atoms with E-state index in [1.807, 2.05) is 23.5 Å². The van der Waals surface area contributed by atoms with E-state index < -0.39 is 0 Å². The molecule has 7 rings (SSSR count). The van der Waals surface area contributed by atoms with Crippen LogP contribution < -0.4 is 0 Å². The summed E-state index contributed by atoms with van der Waals surface area (Å²) in [7, 11) is 0. The lowest BCUT2D eigenvalue weighted by Gasteiger charge is -2.30. The number of aromatic hydroxyl groups is 2. The van der Waals surface area contributed by atoms with Crippen molar-refractivity contribution < 1.29 is 10.2 Å². The van der Waals surface area contributed by atoms with Gasteiger partial charge in [0.15, 0.2) is 0 Å². The molecule has 1 aliphatic carbocycles. The number of hydrogen-bond donors (Lipinski definition) is 2. The Kier molecular flexibility index (Phi) is 10.5. The lowest BCUT2D eigenvalue weighted by atomic mass is 9.85. The van der Waals surface area contributed by atoms with E-state index in [0.29, 0.717) is 22.0 Å². The summed E-state index contributed by atoms with van der Waals surface area (Å²) in [4.78, 5) is 0. The molecule has 2 aromatic heterocycles. The second-order valence-electron chi connectivity index (χ2n) is 16.7. The van der Waals surface area contributed by atoms with Crippen LogP contribution in [-0.4, -0.2) is 29.8 Å². The number of nitrogens with zero attached hydrogens (tertiary/aromatic N) is 2. The van der Waals surface area contributed by atoms with Gasteiger partial charge in [0.2, 0.25) is 0 Å². The van der Waals surface area contributed by atoms with Crippen LogP contribution in [0.2, 0.25) is 0 Å². The van der Waals surface area contributed by atoms with Gasteiger partial charge in [-0.1, -0.05) is 116 Å². The molecule has 0 radical (unpaired) electrons. The van der Waals surface area contributed by atoms with Gasteiger partial charge in [0.25, 0.3) is 0 Å². The zero-order chi connectivity index (χ0) is 36.6. The van der Waals surface area contributed by atoms with Crippen molar-refractivity contribution >= 4 is 45.3 Å². The maximum absolute atomic E-state index is 11.9. The quantitative estimate of drug-likeness (QED) is 0.164. The van der Waals surface area contributed by atoms with E-state index in [9.17, 15) is 10.2 Å². The largest absolute Gasteiger partial charge is 0.505 e. The first-order chi connectivity index (χ1) is 24.9. The molecule has 0 saturated heterocycles. The van der Waals surface area contributed by atoms with Crippen molar-refractivity contribution in [3.8, 4) is 22.9 Å². The molecule has 1 unspecified atom stereocenters. The molecular weight excluding hydrogens is 677 g/mol. The maximum Gasteiger partial charge on any atom is 0.143 e. The van der Waals surface area contributed by atoms with Crippen molar-refractivity contribution in [1.29, 1.82) is 0 Å². The number of rotatable bonds is 8. The molecule has 0 aliphatic heterocycles. The third-order valence-corrected chi connectivity index (χ3v) is 13.9. The first kappa shape index (κ1) is 36.6. The van der Waals surface area contributed by atoms with E-state index >= 15 is 0 Å². The van der Waals surface area contributed by atoms with Gasteiger partial charge in [0, 0.05) is 45.5 Å². The summed E-state index contributed by atoms with van der Waals surface area (Å²) in [6, 6.07) is 29.9. The fourth-order valence-corrected chi connectivity index (χ4v) is 10.7. The van der Waals surface area contributed by atoms with Gasteiger partial charge in [-0.3, -0.25) is 0 Å². The highest BCUT2D eigenvalue weighted by atomic mass is 32.2. The minimum atomic E-state index is -0.0567. The molecule has 272 valence electrons. The number of fused-ring (bicyclic) bond motifs is 2. The minimum absolute atomic E-state index is 0.0567. The number of aromatic nitrogens is 2. The first-order valence-electron chi connectivity index (χ1n) is 19.0. The zero-order valence-electron chi connectivity index (χ0n) is 31.7. The molecule has 6 aromatic rings. The lowest BCUT2D eigenvalue weighted by Crippen LogP contribution is -2.22. The molecule has 2 N–H and O–H groups in total. The van der Waals surface area contributed by atoms with Crippen molar-refractivity contribution in [2.75, 3.05) is 0 Å². The highest BCUT2D eigenvalue weighted by Crippen LogP contribution is 2.43. The average Bonchev–Trinajstić information content (AvgIpc) is 3.72. The molecule has 0 spiro atoms. The standard InChI is InChI=1S/C46H54N2O2S2/c1-45(2,3)35-25-33(43(49)39(27-35)47-23-21-31-15-11-13-17-37(31)47)29-51-41-19-9-7-8-10-20-42(41)52-30-34-26-36(46(4,5)6)28-40(44(34)50)48-24-22-32-16-12-14-18-38(32)48/h11-18,21-28,41-42,49-50H,7-10,19-20,29-30H2,1-6H3/t41-,42?/m0/s1. The van der Waals surface area contributed by atoms with Crippen molar-refractivity contribution in [2.24, 2.45) is 0 Å². The molecule has 2 atom stereocenters. The number of phenols is 2. The number of benzene rings is 4. The van der Waals surface area contributed by atoms with E-state index in [-0.39, 0.29) is 10.8 Å². The molecule has 6 heteroatoms. The van der Waals surface area contributed by atoms with Crippen LogP contribution in [0, 0.1) is 0 Å². The monoisotopic (exact) mass is 730 g/mol. The Hall–Kier alpha value is -3.74. The number of hydrogen-bond acceptors (Lipinski definition) is 4. The third-order valence-electron chi connectivity index (χ3n) is 10.8. The van der Waals surface area contributed by atoms with Gasteiger partial charge in [0.05, 0.1) is 22.4 Å². The second-order valence-corrected chi connectivity index (χ2v) is 19.1.